The number of amides is 1. The highest BCUT2D eigenvalue weighted by Gasteiger charge is 2.38. The van der Waals surface area contributed by atoms with E-state index in [2.05, 4.69) is 34.9 Å². The van der Waals surface area contributed by atoms with Crippen molar-refractivity contribution in [1.82, 2.24) is 25.1 Å². The number of alkyl halides is 3. The van der Waals surface area contributed by atoms with Crippen LogP contribution in [0.4, 0.5) is 23.9 Å². The van der Waals surface area contributed by atoms with Crippen LogP contribution in [0.25, 0.3) is 11.4 Å². The van der Waals surface area contributed by atoms with E-state index in [0.717, 1.165) is 23.7 Å². The number of anilines is 1. The molecular weight excluding hydrogens is 369 g/mol. The Kier molecular flexibility index (Phi) is 4.96. The van der Waals surface area contributed by atoms with E-state index < -0.39 is 18.2 Å². The molecule has 0 atom stereocenters. The van der Waals surface area contributed by atoms with Gasteiger partial charge in [-0.3, -0.25) is 10.3 Å². The van der Waals surface area contributed by atoms with Crippen LogP contribution in [0.2, 0.25) is 0 Å². The summed E-state index contributed by atoms with van der Waals surface area (Å²) in [6.45, 7) is 1.78. The molecule has 0 fully saturated rings. The fourth-order valence-electron chi connectivity index (χ4n) is 1.90. The molecule has 0 aromatic carbocycles. The fourth-order valence-corrected chi connectivity index (χ4v) is 1.90. The molecular formula is C15H11F3N6O3. The van der Waals surface area contributed by atoms with E-state index in [1.165, 1.54) is 0 Å². The minimum atomic E-state index is -4.75. The molecule has 27 heavy (non-hydrogen) atoms. The molecule has 140 valence electrons. The second-order valence-electron chi connectivity index (χ2n) is 5.17. The Balaban J connectivity index is 1.59. The highest BCUT2D eigenvalue weighted by molar-refractivity contribution is 5.82. The van der Waals surface area contributed by atoms with Gasteiger partial charge in [-0.2, -0.15) is 18.2 Å². The first-order valence-electron chi connectivity index (χ1n) is 7.40. The molecule has 0 aliphatic rings. The maximum absolute atomic E-state index is 12.5. The number of aromatic nitrogens is 5. The molecule has 0 spiro atoms. The molecule has 3 heterocycles. The number of nitrogens with zero attached hydrogens (tertiary/aromatic N) is 5. The van der Waals surface area contributed by atoms with Crippen LogP contribution in [0, 0.1) is 6.92 Å². The van der Waals surface area contributed by atoms with Crippen molar-refractivity contribution in [2.24, 2.45) is 0 Å². The number of hydrogen-bond acceptors (Lipinski definition) is 8. The van der Waals surface area contributed by atoms with Gasteiger partial charge < -0.3 is 9.26 Å². The van der Waals surface area contributed by atoms with Crippen LogP contribution in [0.5, 0.6) is 0 Å². The van der Waals surface area contributed by atoms with Gasteiger partial charge in [-0.25, -0.2) is 14.8 Å². The molecule has 1 N–H and O–H groups in total. The van der Waals surface area contributed by atoms with Crippen molar-refractivity contribution in [1.29, 1.82) is 0 Å². The Labute approximate surface area is 149 Å². The van der Waals surface area contributed by atoms with Crippen molar-refractivity contribution in [3.8, 4) is 11.4 Å². The number of halogens is 3. The maximum atomic E-state index is 12.5. The zero-order valence-electron chi connectivity index (χ0n) is 13.7. The molecule has 9 nitrogen and oxygen atoms in total. The van der Waals surface area contributed by atoms with Crippen molar-refractivity contribution in [2.45, 2.75) is 19.7 Å². The highest BCUT2D eigenvalue weighted by atomic mass is 19.4. The summed E-state index contributed by atoms with van der Waals surface area (Å²) in [5, 5.41) is 5.50. The van der Waals surface area contributed by atoms with Gasteiger partial charge in [-0.05, 0) is 13.0 Å². The first kappa shape index (κ1) is 18.2. The molecule has 0 saturated carbocycles. The molecule has 0 aliphatic carbocycles. The number of pyridine rings is 1. The van der Waals surface area contributed by atoms with E-state index in [4.69, 9.17) is 4.74 Å². The highest BCUT2D eigenvalue weighted by Crippen LogP contribution is 2.29. The molecule has 0 radical (unpaired) electrons. The Morgan fingerprint density at radius 1 is 1.26 bits per heavy atom. The Morgan fingerprint density at radius 2 is 2.00 bits per heavy atom. The fraction of sp³-hybridized carbons (Fsp3) is 0.200. The van der Waals surface area contributed by atoms with Crippen molar-refractivity contribution in [3.63, 3.8) is 0 Å². The van der Waals surface area contributed by atoms with Crippen molar-refractivity contribution in [3.05, 3.63) is 47.9 Å². The van der Waals surface area contributed by atoms with Gasteiger partial charge >= 0.3 is 18.2 Å². The van der Waals surface area contributed by atoms with Gasteiger partial charge in [0.05, 0.1) is 5.56 Å². The summed E-state index contributed by atoms with van der Waals surface area (Å²) in [6.07, 6.45) is -1.65. The number of hydrogen-bond donors (Lipinski definition) is 1. The topological polar surface area (TPSA) is 116 Å². The number of carbonyl (C=O) groups is 1. The van der Waals surface area contributed by atoms with Crippen LogP contribution < -0.4 is 5.32 Å². The third-order valence-corrected chi connectivity index (χ3v) is 3.27. The van der Waals surface area contributed by atoms with E-state index in [0.29, 0.717) is 0 Å². The molecule has 0 unspecified atom stereocenters. The minimum absolute atomic E-state index is 0.00662. The van der Waals surface area contributed by atoms with Crippen LogP contribution >= 0.6 is 0 Å². The van der Waals surface area contributed by atoms with Gasteiger partial charge in [-0.15, -0.1) is 0 Å². The summed E-state index contributed by atoms with van der Waals surface area (Å²) in [5.41, 5.74) is 1.55. The van der Waals surface area contributed by atoms with Crippen molar-refractivity contribution in [2.75, 3.05) is 5.32 Å². The Hall–Kier alpha value is -3.57. The number of nitrogens with one attached hydrogen (secondary N) is 1. The van der Waals surface area contributed by atoms with Crippen LogP contribution in [0.1, 0.15) is 17.1 Å². The zero-order chi connectivity index (χ0) is 19.4. The van der Waals surface area contributed by atoms with Crippen molar-refractivity contribution < 1.29 is 27.2 Å². The maximum Gasteiger partial charge on any atom is 0.471 e. The van der Waals surface area contributed by atoms with Crippen LogP contribution in [-0.2, 0) is 17.5 Å². The van der Waals surface area contributed by atoms with Gasteiger partial charge in [0.2, 0.25) is 11.8 Å². The van der Waals surface area contributed by atoms with Gasteiger partial charge in [0.15, 0.2) is 0 Å². The van der Waals surface area contributed by atoms with Gasteiger partial charge in [-0.1, -0.05) is 11.2 Å². The Morgan fingerprint density at radius 3 is 2.63 bits per heavy atom. The van der Waals surface area contributed by atoms with Crippen LogP contribution in [0.15, 0.2) is 35.2 Å². The minimum Gasteiger partial charge on any atom is -0.444 e. The predicted octanol–water partition coefficient (Wildman–Crippen LogP) is 3.00. The largest absolute Gasteiger partial charge is 0.471 e. The number of rotatable bonds is 4. The van der Waals surface area contributed by atoms with E-state index in [1.54, 1.807) is 25.3 Å². The molecule has 3 rings (SSSR count). The smallest absolute Gasteiger partial charge is 0.444 e. The summed E-state index contributed by atoms with van der Waals surface area (Å²) in [5.74, 6) is -1.91. The first-order valence-corrected chi connectivity index (χ1v) is 7.40. The zero-order valence-corrected chi connectivity index (χ0v) is 13.7. The lowest BCUT2D eigenvalue weighted by Crippen LogP contribution is -2.15. The quantitative estimate of drug-likeness (QED) is 0.734. The number of aryl methyl sites for hydroxylation is 1. The third kappa shape index (κ3) is 4.54. The van der Waals surface area contributed by atoms with E-state index in [9.17, 15) is 18.0 Å². The molecule has 0 aliphatic heterocycles. The predicted molar refractivity (Wildman–Crippen MR) is 83.1 cm³/mol. The summed E-state index contributed by atoms with van der Waals surface area (Å²) in [7, 11) is 0. The molecule has 1 amide bonds. The molecule has 3 aromatic heterocycles. The van der Waals surface area contributed by atoms with E-state index in [-0.39, 0.29) is 23.9 Å². The normalized spacial score (nSPS) is 11.3. The second-order valence-corrected chi connectivity index (χ2v) is 5.17. The van der Waals surface area contributed by atoms with Gasteiger partial charge in [0, 0.05) is 29.8 Å². The molecule has 3 aromatic rings. The standard InChI is InChI=1S/C15H11F3N6O3/c1-8-9(3-2-4-19-8)7-26-14(25)23-13-20-5-10(6-21-13)11-22-12(27-24-11)15(16,17)18/h2-6H,7H2,1H3,(H,20,21,23,25). The van der Waals surface area contributed by atoms with E-state index in [1.807, 2.05) is 0 Å². The average molecular weight is 380 g/mol. The van der Waals surface area contributed by atoms with E-state index >= 15 is 0 Å². The van der Waals surface area contributed by atoms with Gasteiger partial charge in [0.25, 0.3) is 0 Å². The average Bonchev–Trinajstić information content (AvgIpc) is 3.12. The SMILES string of the molecule is Cc1ncccc1COC(=O)Nc1ncc(-c2noc(C(F)(F)F)n2)cn1. The summed E-state index contributed by atoms with van der Waals surface area (Å²) >= 11 is 0. The molecule has 0 bridgehead atoms. The van der Waals surface area contributed by atoms with Crippen LogP contribution in [0.3, 0.4) is 0 Å². The Bertz CT molecular complexity index is 942. The van der Waals surface area contributed by atoms with Gasteiger partial charge in [0.1, 0.15) is 6.61 Å². The number of carbonyl (C=O) groups excluding carboxylic acids is 1. The lowest BCUT2D eigenvalue weighted by molar-refractivity contribution is -0.159. The summed E-state index contributed by atoms with van der Waals surface area (Å²) < 4.78 is 46.5. The van der Waals surface area contributed by atoms with Crippen molar-refractivity contribution >= 4 is 12.0 Å². The second kappa shape index (κ2) is 7.35. The summed E-state index contributed by atoms with van der Waals surface area (Å²) in [4.78, 5) is 26.7. The third-order valence-electron chi connectivity index (χ3n) is 3.27. The lowest BCUT2D eigenvalue weighted by Gasteiger charge is -2.07. The molecule has 12 heteroatoms. The number of ether oxygens (including phenoxy) is 1. The van der Waals surface area contributed by atoms with Crippen LogP contribution in [-0.4, -0.2) is 31.2 Å². The lowest BCUT2D eigenvalue weighted by atomic mass is 10.2. The monoisotopic (exact) mass is 380 g/mol. The summed E-state index contributed by atoms with van der Waals surface area (Å²) in [6, 6.07) is 3.48. The first-order chi connectivity index (χ1) is 12.8. The molecule has 0 saturated heterocycles.